The largest absolute Gasteiger partial charge is 0.390 e. The molecule has 1 heterocycles. The minimum atomic E-state index is -0.143. The van der Waals surface area contributed by atoms with Gasteiger partial charge in [-0.3, -0.25) is 0 Å². The van der Waals surface area contributed by atoms with E-state index in [4.69, 9.17) is 17.3 Å². The Morgan fingerprint density at radius 2 is 1.97 bits per heavy atom. The smallest absolute Gasteiger partial charge is 0.153 e. The van der Waals surface area contributed by atoms with Crippen molar-refractivity contribution in [2.75, 3.05) is 0 Å². The summed E-state index contributed by atoms with van der Waals surface area (Å²) in [4.78, 5) is 4.46. The first-order chi connectivity index (χ1) is 15.1. The van der Waals surface area contributed by atoms with Gasteiger partial charge < -0.3 is 15.4 Å². The lowest BCUT2D eigenvalue weighted by atomic mass is 9.98. The fourth-order valence-corrected chi connectivity index (χ4v) is 3.71. The highest BCUT2D eigenvalue weighted by atomic mass is 35.5. The molecule has 2 aromatic carbocycles. The van der Waals surface area contributed by atoms with Gasteiger partial charge in [-0.25, -0.2) is 4.98 Å². The summed E-state index contributed by atoms with van der Waals surface area (Å²) in [6.07, 6.45) is 2.92. The topological polar surface area (TPSA) is 101 Å². The Hall–Kier alpha value is -3.16. The van der Waals surface area contributed by atoms with E-state index in [0.29, 0.717) is 23.2 Å². The highest BCUT2D eigenvalue weighted by Crippen LogP contribution is 2.25. The van der Waals surface area contributed by atoms with E-state index in [0.717, 1.165) is 47.3 Å². The molecule has 7 nitrogen and oxygen atoms in total. The number of hydrogen-bond donors (Lipinski definition) is 3. The van der Waals surface area contributed by atoms with Gasteiger partial charge in [-0.2, -0.15) is 10.6 Å². The third kappa shape index (κ3) is 5.31. The molecule has 0 radical (unpaired) electrons. The van der Waals surface area contributed by atoms with Gasteiger partial charge in [0.05, 0.1) is 12.3 Å². The molecule has 8 heteroatoms. The van der Waals surface area contributed by atoms with Gasteiger partial charge in [-0.1, -0.05) is 73.5 Å². The number of hydrazone groups is 2. The molecule has 0 fully saturated rings. The predicted octanol–water partition coefficient (Wildman–Crippen LogP) is 3.91. The van der Waals surface area contributed by atoms with E-state index in [9.17, 15) is 5.11 Å². The van der Waals surface area contributed by atoms with Crippen molar-refractivity contribution in [2.45, 2.75) is 39.3 Å². The normalized spacial score (nSPS) is 11.5. The van der Waals surface area contributed by atoms with E-state index in [2.05, 4.69) is 46.5 Å². The molecule has 0 atom stereocenters. The van der Waals surface area contributed by atoms with Crippen LogP contribution in [0.25, 0.3) is 11.1 Å². The van der Waals surface area contributed by atoms with Crippen LogP contribution in [0.3, 0.4) is 0 Å². The van der Waals surface area contributed by atoms with E-state index in [1.54, 1.807) is 0 Å². The summed E-state index contributed by atoms with van der Waals surface area (Å²) >= 11 is 6.25. The number of nitrogens with zero attached hydrogens (tertiary/aromatic N) is 4. The van der Waals surface area contributed by atoms with Crippen LogP contribution in [-0.2, 0) is 19.6 Å². The first-order valence-corrected chi connectivity index (χ1v) is 10.5. The van der Waals surface area contributed by atoms with Crippen LogP contribution in [0.1, 0.15) is 42.4 Å². The summed E-state index contributed by atoms with van der Waals surface area (Å²) in [5.74, 6) is 1.23. The van der Waals surface area contributed by atoms with Gasteiger partial charge >= 0.3 is 0 Å². The van der Waals surface area contributed by atoms with Crippen molar-refractivity contribution in [1.29, 1.82) is 0 Å². The molecule has 0 unspecified atom stereocenters. The van der Waals surface area contributed by atoms with E-state index in [1.807, 2.05) is 41.0 Å². The lowest BCUT2D eigenvalue weighted by Gasteiger charge is -2.13. The molecule has 0 amide bonds. The molecular formula is C23H27ClN6O. The number of halogens is 1. The maximum Gasteiger partial charge on any atom is 0.153 e. The number of nitrogens with one attached hydrogen (secondary N) is 1. The standard InChI is InChI=1S/C23H27ClN6O/c1-3-4-9-21-27-22(24)20(15-31)30(21)14-16-10-12-17(13-11-16)18-7-5-6-8-19(18)23(25)28-29-26-2/h5-8,10-13,29,31H,2-4,9,14-15H2,1H3,(H2,25,28). The summed E-state index contributed by atoms with van der Waals surface area (Å²) in [5.41, 5.74) is 13.0. The first-order valence-electron chi connectivity index (χ1n) is 10.2. The number of amidine groups is 1. The van der Waals surface area contributed by atoms with Gasteiger partial charge in [0.2, 0.25) is 0 Å². The highest BCUT2D eigenvalue weighted by Gasteiger charge is 2.15. The molecule has 0 bridgehead atoms. The van der Waals surface area contributed by atoms with Crippen LogP contribution in [-0.4, -0.2) is 27.2 Å². The Morgan fingerprint density at radius 1 is 1.23 bits per heavy atom. The summed E-state index contributed by atoms with van der Waals surface area (Å²) in [6.45, 7) is 5.92. The van der Waals surface area contributed by atoms with Gasteiger partial charge in [-0.15, -0.1) is 5.10 Å². The van der Waals surface area contributed by atoms with E-state index >= 15 is 0 Å². The van der Waals surface area contributed by atoms with Crippen LogP contribution in [0, 0.1) is 0 Å². The van der Waals surface area contributed by atoms with Crippen molar-refractivity contribution in [3.05, 3.63) is 76.3 Å². The number of aliphatic hydroxyl groups is 1. The van der Waals surface area contributed by atoms with Crippen molar-refractivity contribution in [3.63, 3.8) is 0 Å². The van der Waals surface area contributed by atoms with Crippen LogP contribution in [0.4, 0.5) is 0 Å². The number of aliphatic hydroxyl groups excluding tert-OH is 1. The SMILES string of the molecule is C=NN/N=C(\N)c1ccccc1-c1ccc(Cn2c(CCCC)nc(Cl)c2CO)cc1. The lowest BCUT2D eigenvalue weighted by molar-refractivity contribution is 0.271. The van der Waals surface area contributed by atoms with Gasteiger partial charge in [0.15, 0.2) is 11.0 Å². The van der Waals surface area contributed by atoms with Gasteiger partial charge in [0.25, 0.3) is 0 Å². The van der Waals surface area contributed by atoms with Crippen LogP contribution in [0.15, 0.2) is 58.7 Å². The van der Waals surface area contributed by atoms with Crippen molar-refractivity contribution in [3.8, 4) is 11.1 Å². The molecule has 0 aliphatic carbocycles. The van der Waals surface area contributed by atoms with E-state index in [1.165, 1.54) is 0 Å². The Labute approximate surface area is 187 Å². The summed E-state index contributed by atoms with van der Waals surface area (Å²) in [5, 5.41) is 17.6. The summed E-state index contributed by atoms with van der Waals surface area (Å²) in [6, 6.07) is 16.0. The molecule has 0 saturated heterocycles. The van der Waals surface area contributed by atoms with Crippen LogP contribution in [0.2, 0.25) is 5.15 Å². The Morgan fingerprint density at radius 3 is 2.65 bits per heavy atom. The van der Waals surface area contributed by atoms with Crippen LogP contribution in [0.5, 0.6) is 0 Å². The maximum absolute atomic E-state index is 9.77. The Balaban J connectivity index is 1.88. The second kappa shape index (κ2) is 10.7. The van der Waals surface area contributed by atoms with Gasteiger partial charge in [0.1, 0.15) is 5.82 Å². The number of rotatable bonds is 10. The van der Waals surface area contributed by atoms with Crippen LogP contribution < -0.4 is 11.3 Å². The zero-order valence-electron chi connectivity index (χ0n) is 17.6. The number of hydrogen-bond acceptors (Lipinski definition) is 5. The zero-order chi connectivity index (χ0) is 22.2. The Bertz CT molecular complexity index is 1060. The first kappa shape index (κ1) is 22.5. The Kier molecular flexibility index (Phi) is 7.81. The number of aryl methyl sites for hydroxylation is 1. The predicted molar refractivity (Wildman–Crippen MR) is 126 cm³/mol. The monoisotopic (exact) mass is 438 g/mol. The third-order valence-electron chi connectivity index (χ3n) is 5.06. The van der Waals surface area contributed by atoms with Crippen molar-refractivity contribution in [1.82, 2.24) is 15.1 Å². The van der Waals surface area contributed by atoms with E-state index in [-0.39, 0.29) is 6.61 Å². The van der Waals surface area contributed by atoms with Gasteiger partial charge in [0, 0.05) is 25.2 Å². The quantitative estimate of drug-likeness (QED) is 0.254. The molecule has 4 N–H and O–H groups in total. The fourth-order valence-electron chi connectivity index (χ4n) is 3.45. The molecule has 31 heavy (non-hydrogen) atoms. The minimum Gasteiger partial charge on any atom is -0.390 e. The molecule has 3 aromatic rings. The second-order valence-electron chi connectivity index (χ2n) is 7.11. The minimum absolute atomic E-state index is 0.143. The summed E-state index contributed by atoms with van der Waals surface area (Å²) < 4.78 is 2.01. The zero-order valence-corrected chi connectivity index (χ0v) is 18.3. The number of nitrogens with two attached hydrogens (primary N) is 1. The maximum atomic E-state index is 9.77. The highest BCUT2D eigenvalue weighted by molar-refractivity contribution is 6.30. The molecular weight excluding hydrogens is 412 g/mol. The van der Waals surface area contributed by atoms with E-state index < -0.39 is 0 Å². The number of imidazole rings is 1. The molecule has 0 spiro atoms. The van der Waals surface area contributed by atoms with Crippen molar-refractivity contribution >= 4 is 24.2 Å². The fraction of sp³-hybridized carbons (Fsp3) is 0.261. The lowest BCUT2D eigenvalue weighted by Crippen LogP contribution is -2.17. The molecule has 3 rings (SSSR count). The number of aromatic nitrogens is 2. The van der Waals surface area contributed by atoms with Crippen molar-refractivity contribution < 1.29 is 5.11 Å². The molecule has 0 aliphatic rings. The van der Waals surface area contributed by atoms with Crippen LogP contribution >= 0.6 is 11.6 Å². The average Bonchev–Trinajstić information content (AvgIpc) is 3.10. The molecule has 0 saturated carbocycles. The summed E-state index contributed by atoms with van der Waals surface area (Å²) in [7, 11) is 0. The average molecular weight is 439 g/mol. The number of unbranched alkanes of at least 4 members (excludes halogenated alkanes) is 1. The third-order valence-corrected chi connectivity index (χ3v) is 5.36. The second-order valence-corrected chi connectivity index (χ2v) is 7.47. The number of benzene rings is 2. The van der Waals surface area contributed by atoms with Crippen molar-refractivity contribution in [2.24, 2.45) is 15.9 Å². The molecule has 0 aliphatic heterocycles. The molecule has 1 aromatic heterocycles. The van der Waals surface area contributed by atoms with Gasteiger partial charge in [-0.05, 0) is 23.1 Å². The molecule has 162 valence electrons.